The summed E-state index contributed by atoms with van der Waals surface area (Å²) in [6.45, 7) is 13.1. The average molecular weight is 289 g/mol. The number of aryl methyl sites for hydroxylation is 3. The first-order valence-electron chi connectivity index (χ1n) is 8.47. The fourth-order valence-electron chi connectivity index (χ4n) is 3.99. The Hall–Kier alpha value is -0.860. The highest BCUT2D eigenvalue weighted by molar-refractivity contribution is 5.39. The largest absolute Gasteiger partial charge is 0.386 e. The van der Waals surface area contributed by atoms with E-state index >= 15 is 0 Å². The standard InChI is InChI=1S/C19H31NO/c1-6-19(7-2,20-10-8-9-11-20)18(21)17-13-15(4)14(3)12-16(17)5/h12-13,18,21H,6-11H2,1-5H3. The number of nitrogens with zero attached hydrogens (tertiary/aromatic N) is 1. The second-order valence-electron chi connectivity index (χ2n) is 6.70. The molecule has 21 heavy (non-hydrogen) atoms. The van der Waals surface area contributed by atoms with E-state index in [2.05, 4.69) is 51.7 Å². The molecule has 0 radical (unpaired) electrons. The van der Waals surface area contributed by atoms with Gasteiger partial charge in [-0.05, 0) is 81.8 Å². The molecule has 2 rings (SSSR count). The summed E-state index contributed by atoms with van der Waals surface area (Å²) in [7, 11) is 0. The van der Waals surface area contributed by atoms with Gasteiger partial charge in [0.15, 0.2) is 0 Å². The van der Waals surface area contributed by atoms with Crippen LogP contribution in [0.3, 0.4) is 0 Å². The van der Waals surface area contributed by atoms with Gasteiger partial charge in [0, 0.05) is 0 Å². The Labute approximate surface area is 130 Å². The van der Waals surface area contributed by atoms with Crippen LogP contribution in [0.1, 0.15) is 67.9 Å². The lowest BCUT2D eigenvalue weighted by molar-refractivity contribution is -0.0298. The molecule has 2 heteroatoms. The lowest BCUT2D eigenvalue weighted by Gasteiger charge is -2.45. The lowest BCUT2D eigenvalue weighted by atomic mass is 9.79. The highest BCUT2D eigenvalue weighted by Gasteiger charge is 2.42. The predicted molar refractivity (Wildman–Crippen MR) is 89.7 cm³/mol. The van der Waals surface area contributed by atoms with E-state index in [-0.39, 0.29) is 5.54 Å². The summed E-state index contributed by atoms with van der Waals surface area (Å²) in [6, 6.07) is 4.42. The SMILES string of the molecule is CCC(CC)(C(O)c1cc(C)c(C)cc1C)N1CCCC1. The number of hydrogen-bond acceptors (Lipinski definition) is 2. The van der Waals surface area contributed by atoms with Gasteiger partial charge in [0.25, 0.3) is 0 Å². The molecule has 0 amide bonds. The molecule has 1 atom stereocenters. The van der Waals surface area contributed by atoms with Crippen molar-refractivity contribution in [3.05, 3.63) is 34.4 Å². The van der Waals surface area contributed by atoms with Crippen LogP contribution in [0, 0.1) is 20.8 Å². The van der Waals surface area contributed by atoms with E-state index in [1.54, 1.807) is 0 Å². The zero-order valence-corrected chi connectivity index (χ0v) is 14.4. The van der Waals surface area contributed by atoms with Crippen LogP contribution >= 0.6 is 0 Å². The summed E-state index contributed by atoms with van der Waals surface area (Å²) >= 11 is 0. The monoisotopic (exact) mass is 289 g/mol. The predicted octanol–water partition coefficient (Wildman–Crippen LogP) is 4.30. The molecule has 1 aromatic carbocycles. The fraction of sp³-hybridized carbons (Fsp3) is 0.684. The molecule has 0 spiro atoms. The normalized spacial score (nSPS) is 18.2. The molecule has 118 valence electrons. The van der Waals surface area contributed by atoms with Crippen molar-refractivity contribution in [1.29, 1.82) is 0 Å². The van der Waals surface area contributed by atoms with Gasteiger partial charge in [-0.1, -0.05) is 26.0 Å². The van der Waals surface area contributed by atoms with Crippen LogP contribution < -0.4 is 0 Å². The van der Waals surface area contributed by atoms with Crippen molar-refractivity contribution < 1.29 is 5.11 Å². The smallest absolute Gasteiger partial charge is 0.0976 e. The minimum atomic E-state index is -0.398. The van der Waals surface area contributed by atoms with E-state index in [1.165, 1.54) is 29.5 Å². The van der Waals surface area contributed by atoms with Crippen molar-refractivity contribution in [2.45, 2.75) is 71.9 Å². The average Bonchev–Trinajstić information content (AvgIpc) is 2.99. The number of aliphatic hydroxyl groups excluding tert-OH is 1. The molecular formula is C19H31NO. The molecule has 1 aliphatic heterocycles. The summed E-state index contributed by atoms with van der Waals surface area (Å²) in [4.78, 5) is 2.53. The van der Waals surface area contributed by atoms with E-state index in [1.807, 2.05) is 0 Å². The van der Waals surface area contributed by atoms with Crippen LogP contribution in [0.25, 0.3) is 0 Å². The highest BCUT2D eigenvalue weighted by Crippen LogP contribution is 2.40. The van der Waals surface area contributed by atoms with Gasteiger partial charge >= 0.3 is 0 Å². The third kappa shape index (κ3) is 2.89. The quantitative estimate of drug-likeness (QED) is 0.873. The first-order chi connectivity index (χ1) is 9.96. The van der Waals surface area contributed by atoms with Gasteiger partial charge < -0.3 is 5.11 Å². The van der Waals surface area contributed by atoms with Crippen LogP contribution in [0.4, 0.5) is 0 Å². The zero-order valence-electron chi connectivity index (χ0n) is 14.4. The third-order valence-electron chi connectivity index (χ3n) is 5.65. The van der Waals surface area contributed by atoms with E-state index in [4.69, 9.17) is 0 Å². The number of benzene rings is 1. The summed E-state index contributed by atoms with van der Waals surface area (Å²) in [5.74, 6) is 0. The van der Waals surface area contributed by atoms with Gasteiger partial charge in [-0.2, -0.15) is 0 Å². The number of hydrogen-bond donors (Lipinski definition) is 1. The van der Waals surface area contributed by atoms with Gasteiger partial charge in [-0.3, -0.25) is 4.90 Å². The molecule has 1 fully saturated rings. The molecule has 2 nitrogen and oxygen atoms in total. The van der Waals surface area contributed by atoms with Crippen LogP contribution in [0.2, 0.25) is 0 Å². The zero-order chi connectivity index (χ0) is 15.6. The Morgan fingerprint density at radius 3 is 2.05 bits per heavy atom. The van der Waals surface area contributed by atoms with Crippen molar-refractivity contribution in [1.82, 2.24) is 4.90 Å². The van der Waals surface area contributed by atoms with E-state index in [0.717, 1.165) is 31.5 Å². The van der Waals surface area contributed by atoms with E-state index in [0.29, 0.717) is 0 Å². The Bertz CT molecular complexity index is 485. The Morgan fingerprint density at radius 2 is 1.52 bits per heavy atom. The maximum atomic E-state index is 11.2. The molecule has 1 aromatic rings. The Balaban J connectivity index is 2.43. The van der Waals surface area contributed by atoms with Crippen LogP contribution in [-0.2, 0) is 0 Å². The number of likely N-dealkylation sites (tertiary alicyclic amines) is 1. The number of rotatable bonds is 5. The first kappa shape index (κ1) is 16.5. The van der Waals surface area contributed by atoms with Gasteiger partial charge in [0.2, 0.25) is 0 Å². The molecule has 1 N–H and O–H groups in total. The van der Waals surface area contributed by atoms with Crippen molar-refractivity contribution in [2.75, 3.05) is 13.1 Å². The number of aliphatic hydroxyl groups is 1. The summed E-state index contributed by atoms with van der Waals surface area (Å²) in [5, 5.41) is 11.2. The van der Waals surface area contributed by atoms with Gasteiger partial charge in [0.1, 0.15) is 0 Å². The molecule has 1 saturated heterocycles. The topological polar surface area (TPSA) is 23.5 Å². The Kier molecular flexibility index (Phi) is 5.11. The van der Waals surface area contributed by atoms with E-state index < -0.39 is 6.10 Å². The first-order valence-corrected chi connectivity index (χ1v) is 8.47. The molecule has 1 aliphatic rings. The van der Waals surface area contributed by atoms with Gasteiger partial charge in [0.05, 0.1) is 11.6 Å². The molecule has 1 heterocycles. The second kappa shape index (κ2) is 6.50. The van der Waals surface area contributed by atoms with Crippen molar-refractivity contribution >= 4 is 0 Å². The van der Waals surface area contributed by atoms with Crippen LogP contribution in [-0.4, -0.2) is 28.6 Å². The van der Waals surface area contributed by atoms with Crippen molar-refractivity contribution in [3.63, 3.8) is 0 Å². The van der Waals surface area contributed by atoms with Crippen LogP contribution in [0.5, 0.6) is 0 Å². The summed E-state index contributed by atoms with van der Waals surface area (Å²) < 4.78 is 0. The second-order valence-corrected chi connectivity index (χ2v) is 6.70. The molecular weight excluding hydrogens is 258 g/mol. The molecule has 0 bridgehead atoms. The summed E-state index contributed by atoms with van der Waals surface area (Å²) in [5.41, 5.74) is 4.81. The molecule has 1 unspecified atom stereocenters. The van der Waals surface area contributed by atoms with Gasteiger partial charge in [-0.25, -0.2) is 0 Å². The molecule has 0 aliphatic carbocycles. The van der Waals surface area contributed by atoms with E-state index in [9.17, 15) is 5.11 Å². The molecule has 0 aromatic heterocycles. The maximum Gasteiger partial charge on any atom is 0.0976 e. The highest BCUT2D eigenvalue weighted by atomic mass is 16.3. The summed E-state index contributed by atoms with van der Waals surface area (Å²) in [6.07, 6.45) is 4.12. The van der Waals surface area contributed by atoms with Crippen molar-refractivity contribution in [3.8, 4) is 0 Å². The fourth-order valence-corrected chi connectivity index (χ4v) is 3.99. The Morgan fingerprint density at radius 1 is 1.00 bits per heavy atom. The minimum Gasteiger partial charge on any atom is -0.386 e. The third-order valence-corrected chi connectivity index (χ3v) is 5.65. The van der Waals surface area contributed by atoms with Gasteiger partial charge in [-0.15, -0.1) is 0 Å². The lowest BCUT2D eigenvalue weighted by Crippen LogP contribution is -2.51. The maximum absolute atomic E-state index is 11.2. The van der Waals surface area contributed by atoms with Crippen molar-refractivity contribution in [2.24, 2.45) is 0 Å². The minimum absolute atomic E-state index is 0.108. The van der Waals surface area contributed by atoms with Crippen LogP contribution in [0.15, 0.2) is 12.1 Å². The molecule has 0 saturated carbocycles.